The van der Waals surface area contributed by atoms with Gasteiger partial charge in [0.25, 0.3) is 0 Å². The summed E-state index contributed by atoms with van der Waals surface area (Å²) in [7, 11) is 0. The molecule has 2 aromatic carbocycles. The van der Waals surface area contributed by atoms with Gasteiger partial charge in [0.05, 0.1) is 5.69 Å². The Kier molecular flexibility index (Phi) is 3.57. The van der Waals surface area contributed by atoms with Crippen LogP contribution in [0.1, 0.15) is 15.9 Å². The fourth-order valence-corrected chi connectivity index (χ4v) is 1.71. The fraction of sp³-hybridized carbons (Fsp3) is 0.0714. The van der Waals surface area contributed by atoms with E-state index in [1.807, 2.05) is 6.07 Å². The van der Waals surface area contributed by atoms with Crippen LogP contribution in [0.15, 0.2) is 48.5 Å². The third-order valence-corrected chi connectivity index (χ3v) is 2.63. The first-order valence-corrected chi connectivity index (χ1v) is 5.54. The molecular weight excluding hydrogens is 231 g/mol. The Balaban J connectivity index is 2.16. The predicted octanol–water partition coefficient (Wildman–Crippen LogP) is 2.54. The first-order valence-electron chi connectivity index (χ1n) is 5.54. The summed E-state index contributed by atoms with van der Waals surface area (Å²) in [5.41, 5.74) is 6.86. The van der Waals surface area contributed by atoms with Gasteiger partial charge in [-0.2, -0.15) is 0 Å². The third kappa shape index (κ3) is 2.66. The number of benzene rings is 2. The van der Waals surface area contributed by atoms with Gasteiger partial charge in [-0.3, -0.25) is 4.79 Å². The van der Waals surface area contributed by atoms with Crippen molar-refractivity contribution in [1.29, 1.82) is 0 Å². The Morgan fingerprint density at radius 1 is 1.11 bits per heavy atom. The highest BCUT2D eigenvalue weighted by molar-refractivity contribution is 5.94. The van der Waals surface area contributed by atoms with Crippen LogP contribution in [0.2, 0.25) is 0 Å². The van der Waals surface area contributed by atoms with Crippen LogP contribution in [0.5, 0.6) is 0 Å². The molecule has 0 aromatic heterocycles. The molecule has 1 amide bonds. The van der Waals surface area contributed by atoms with Crippen LogP contribution in [0.25, 0.3) is 0 Å². The number of rotatable bonds is 4. The molecule has 0 unspecified atom stereocenters. The lowest BCUT2D eigenvalue weighted by Gasteiger charge is -2.10. The number of carbonyl (C=O) groups excluding carboxylic acids is 1. The topological polar surface area (TPSA) is 55.1 Å². The highest BCUT2D eigenvalue weighted by Crippen LogP contribution is 2.15. The summed E-state index contributed by atoms with van der Waals surface area (Å²) in [6, 6.07) is 13.4. The van der Waals surface area contributed by atoms with E-state index in [0.29, 0.717) is 17.8 Å². The van der Waals surface area contributed by atoms with Crippen molar-refractivity contribution in [2.24, 2.45) is 5.73 Å². The molecule has 3 N–H and O–H groups in total. The van der Waals surface area contributed by atoms with Crippen molar-refractivity contribution in [1.82, 2.24) is 0 Å². The van der Waals surface area contributed by atoms with E-state index in [-0.39, 0.29) is 5.82 Å². The Bertz CT molecular complexity index is 569. The van der Waals surface area contributed by atoms with Crippen molar-refractivity contribution in [3.63, 3.8) is 0 Å². The summed E-state index contributed by atoms with van der Waals surface area (Å²) in [4.78, 5) is 11.2. The molecule has 0 radical (unpaired) electrons. The molecule has 2 rings (SSSR count). The molecule has 0 aliphatic rings. The predicted molar refractivity (Wildman–Crippen MR) is 68.7 cm³/mol. The lowest BCUT2D eigenvalue weighted by molar-refractivity contribution is 0.0999. The Hall–Kier alpha value is -2.36. The maximum absolute atomic E-state index is 13.4. The number of amides is 1. The van der Waals surface area contributed by atoms with Crippen LogP contribution in [0.3, 0.4) is 0 Å². The smallest absolute Gasteiger partial charge is 0.249 e. The minimum atomic E-state index is -0.485. The van der Waals surface area contributed by atoms with Gasteiger partial charge >= 0.3 is 0 Å². The number of halogens is 1. The van der Waals surface area contributed by atoms with Crippen LogP contribution >= 0.6 is 0 Å². The number of para-hydroxylation sites is 1. The molecular formula is C14H13FN2O. The summed E-state index contributed by atoms with van der Waals surface area (Å²) in [6.45, 7) is 0.347. The molecule has 3 nitrogen and oxygen atoms in total. The molecule has 92 valence electrons. The van der Waals surface area contributed by atoms with Gasteiger partial charge < -0.3 is 11.1 Å². The molecule has 0 spiro atoms. The molecule has 18 heavy (non-hydrogen) atoms. The van der Waals surface area contributed by atoms with E-state index >= 15 is 0 Å². The standard InChI is InChI=1S/C14H13FN2O/c15-12-7-3-4-8-13(12)17-9-10-5-1-2-6-11(10)14(16)18/h1-8,17H,9H2,(H2,16,18). The number of carbonyl (C=O) groups is 1. The zero-order valence-corrected chi connectivity index (χ0v) is 9.69. The summed E-state index contributed by atoms with van der Waals surface area (Å²) in [6.07, 6.45) is 0. The first-order chi connectivity index (χ1) is 8.68. The van der Waals surface area contributed by atoms with Gasteiger partial charge in [0, 0.05) is 12.1 Å². The van der Waals surface area contributed by atoms with E-state index in [0.717, 1.165) is 5.56 Å². The maximum atomic E-state index is 13.4. The van der Waals surface area contributed by atoms with Crippen LogP contribution in [0, 0.1) is 5.82 Å². The second kappa shape index (κ2) is 5.31. The lowest BCUT2D eigenvalue weighted by atomic mass is 10.1. The zero-order valence-electron chi connectivity index (χ0n) is 9.69. The molecule has 4 heteroatoms. The van der Waals surface area contributed by atoms with E-state index in [1.54, 1.807) is 36.4 Å². The van der Waals surface area contributed by atoms with Gasteiger partial charge in [-0.05, 0) is 23.8 Å². The molecule has 0 aliphatic heterocycles. The van der Waals surface area contributed by atoms with E-state index in [1.165, 1.54) is 6.07 Å². The van der Waals surface area contributed by atoms with Crippen molar-refractivity contribution in [2.45, 2.75) is 6.54 Å². The Morgan fingerprint density at radius 2 is 1.78 bits per heavy atom. The first kappa shape index (κ1) is 12.1. The molecule has 0 heterocycles. The van der Waals surface area contributed by atoms with Gasteiger partial charge in [-0.15, -0.1) is 0 Å². The van der Waals surface area contributed by atoms with Gasteiger partial charge in [0.2, 0.25) is 5.91 Å². The summed E-state index contributed by atoms with van der Waals surface area (Å²) in [5.74, 6) is -0.810. The number of nitrogens with one attached hydrogen (secondary N) is 1. The summed E-state index contributed by atoms with van der Waals surface area (Å²) >= 11 is 0. The highest BCUT2D eigenvalue weighted by Gasteiger charge is 2.07. The normalized spacial score (nSPS) is 10.1. The molecule has 0 atom stereocenters. The molecule has 2 aromatic rings. The fourth-order valence-electron chi connectivity index (χ4n) is 1.71. The molecule has 0 fully saturated rings. The summed E-state index contributed by atoms with van der Waals surface area (Å²) in [5, 5.41) is 2.94. The molecule has 0 saturated heterocycles. The van der Waals surface area contributed by atoms with Crippen molar-refractivity contribution < 1.29 is 9.18 Å². The zero-order chi connectivity index (χ0) is 13.0. The van der Waals surface area contributed by atoms with E-state index in [4.69, 9.17) is 5.73 Å². The number of nitrogens with two attached hydrogens (primary N) is 1. The SMILES string of the molecule is NC(=O)c1ccccc1CNc1ccccc1F. The monoisotopic (exact) mass is 244 g/mol. The second-order valence-corrected chi connectivity index (χ2v) is 3.85. The molecule has 0 aliphatic carbocycles. The van der Waals surface area contributed by atoms with Crippen LogP contribution in [0.4, 0.5) is 10.1 Å². The maximum Gasteiger partial charge on any atom is 0.249 e. The minimum Gasteiger partial charge on any atom is -0.379 e. The van der Waals surface area contributed by atoms with Gasteiger partial charge in [-0.1, -0.05) is 30.3 Å². The van der Waals surface area contributed by atoms with Crippen LogP contribution < -0.4 is 11.1 Å². The third-order valence-electron chi connectivity index (χ3n) is 2.63. The minimum absolute atomic E-state index is 0.325. The number of hydrogen-bond acceptors (Lipinski definition) is 2. The quantitative estimate of drug-likeness (QED) is 0.868. The van der Waals surface area contributed by atoms with Gasteiger partial charge in [-0.25, -0.2) is 4.39 Å². The number of hydrogen-bond donors (Lipinski definition) is 2. The van der Waals surface area contributed by atoms with Crippen molar-refractivity contribution >= 4 is 11.6 Å². The van der Waals surface area contributed by atoms with E-state index < -0.39 is 5.91 Å². The van der Waals surface area contributed by atoms with E-state index in [2.05, 4.69) is 5.32 Å². The van der Waals surface area contributed by atoms with Crippen LogP contribution in [-0.4, -0.2) is 5.91 Å². The average Bonchev–Trinajstić information content (AvgIpc) is 2.38. The van der Waals surface area contributed by atoms with Gasteiger partial charge in [0.15, 0.2) is 0 Å². The molecule has 0 bridgehead atoms. The summed E-state index contributed by atoms with van der Waals surface area (Å²) < 4.78 is 13.4. The van der Waals surface area contributed by atoms with Crippen molar-refractivity contribution in [3.8, 4) is 0 Å². The lowest BCUT2D eigenvalue weighted by Crippen LogP contribution is -2.15. The number of anilines is 1. The van der Waals surface area contributed by atoms with E-state index in [9.17, 15) is 9.18 Å². The average molecular weight is 244 g/mol. The Morgan fingerprint density at radius 3 is 2.50 bits per heavy atom. The molecule has 0 saturated carbocycles. The highest BCUT2D eigenvalue weighted by atomic mass is 19.1. The second-order valence-electron chi connectivity index (χ2n) is 3.85. The van der Waals surface area contributed by atoms with Crippen molar-refractivity contribution in [2.75, 3.05) is 5.32 Å². The number of primary amides is 1. The van der Waals surface area contributed by atoms with Crippen LogP contribution in [-0.2, 0) is 6.54 Å². The largest absolute Gasteiger partial charge is 0.379 e. The van der Waals surface area contributed by atoms with Gasteiger partial charge in [0.1, 0.15) is 5.82 Å². The van der Waals surface area contributed by atoms with Crippen molar-refractivity contribution in [3.05, 3.63) is 65.5 Å². The Labute approximate surface area is 104 Å².